The van der Waals surface area contributed by atoms with Crippen LogP contribution in [0, 0.1) is 0 Å². The van der Waals surface area contributed by atoms with Crippen molar-refractivity contribution in [2.24, 2.45) is 0 Å². The average Bonchev–Trinajstić information content (AvgIpc) is 3.40. The largest absolute Gasteiger partial charge is 0.307 e. The van der Waals surface area contributed by atoms with Gasteiger partial charge in [0.05, 0.1) is 38.8 Å². The lowest BCUT2D eigenvalue weighted by atomic mass is 10.1. The van der Waals surface area contributed by atoms with Gasteiger partial charge in [-0.05, 0) is 55.0 Å². The fraction of sp³-hybridized carbons (Fsp3) is 0.0270. The molecule has 0 saturated heterocycles. The SMILES string of the molecule is C1=CCC=CC(n2c3ccccc3c3ccc4c5ccccc5n(-c5cc6cccnc6c6ncccc56)c4c32)=C1. The highest BCUT2D eigenvalue weighted by atomic mass is 15.0. The van der Waals surface area contributed by atoms with E-state index in [1.807, 2.05) is 24.5 Å². The Bertz CT molecular complexity index is 2450. The summed E-state index contributed by atoms with van der Waals surface area (Å²) >= 11 is 0. The van der Waals surface area contributed by atoms with Crippen LogP contribution in [0.1, 0.15) is 6.42 Å². The van der Waals surface area contributed by atoms with E-state index in [9.17, 15) is 0 Å². The summed E-state index contributed by atoms with van der Waals surface area (Å²) in [6, 6.07) is 32.7. The summed E-state index contributed by atoms with van der Waals surface area (Å²) in [7, 11) is 0. The highest BCUT2D eigenvalue weighted by Gasteiger charge is 2.22. The van der Waals surface area contributed by atoms with Crippen molar-refractivity contribution in [3.8, 4) is 5.69 Å². The van der Waals surface area contributed by atoms with E-state index in [1.54, 1.807) is 0 Å². The van der Waals surface area contributed by atoms with Crippen LogP contribution in [0.2, 0.25) is 0 Å². The second-order valence-corrected chi connectivity index (χ2v) is 10.6. The molecule has 4 heterocycles. The lowest BCUT2D eigenvalue weighted by Gasteiger charge is -2.15. The Morgan fingerprint density at radius 3 is 2.02 bits per heavy atom. The van der Waals surface area contributed by atoms with Crippen molar-refractivity contribution in [1.82, 2.24) is 19.1 Å². The molecule has 0 saturated carbocycles. The maximum Gasteiger partial charge on any atom is 0.0985 e. The monoisotopic (exact) mass is 524 g/mol. The molecule has 1 aliphatic carbocycles. The predicted molar refractivity (Wildman–Crippen MR) is 172 cm³/mol. The van der Waals surface area contributed by atoms with Gasteiger partial charge >= 0.3 is 0 Å². The van der Waals surface area contributed by atoms with Crippen molar-refractivity contribution in [3.05, 3.63) is 134 Å². The summed E-state index contributed by atoms with van der Waals surface area (Å²) < 4.78 is 4.90. The van der Waals surface area contributed by atoms with Gasteiger partial charge in [0.15, 0.2) is 0 Å². The summed E-state index contributed by atoms with van der Waals surface area (Å²) in [5, 5.41) is 7.11. The van der Waals surface area contributed by atoms with E-state index in [4.69, 9.17) is 9.97 Å². The van der Waals surface area contributed by atoms with Crippen LogP contribution in [0.25, 0.3) is 76.8 Å². The molecule has 0 spiro atoms. The van der Waals surface area contributed by atoms with Crippen LogP contribution in [0.15, 0.2) is 134 Å². The molecule has 0 aliphatic heterocycles. The molecule has 192 valence electrons. The minimum atomic E-state index is 0.916. The van der Waals surface area contributed by atoms with Gasteiger partial charge in [-0.15, -0.1) is 0 Å². The Morgan fingerprint density at radius 2 is 1.22 bits per heavy atom. The van der Waals surface area contributed by atoms with Crippen LogP contribution in [0.3, 0.4) is 0 Å². The summed E-state index contributed by atoms with van der Waals surface area (Å²) in [5.74, 6) is 0. The maximum absolute atomic E-state index is 4.83. The van der Waals surface area contributed by atoms with Gasteiger partial charge in [-0.25, -0.2) is 0 Å². The Morgan fingerprint density at radius 1 is 0.561 bits per heavy atom. The fourth-order valence-electron chi connectivity index (χ4n) is 6.68. The van der Waals surface area contributed by atoms with Crippen LogP contribution < -0.4 is 0 Å². The zero-order valence-corrected chi connectivity index (χ0v) is 22.2. The smallest absolute Gasteiger partial charge is 0.0985 e. The van der Waals surface area contributed by atoms with E-state index < -0.39 is 0 Å². The maximum atomic E-state index is 4.83. The highest BCUT2D eigenvalue weighted by molar-refractivity contribution is 6.25. The molecule has 0 atom stereocenters. The van der Waals surface area contributed by atoms with E-state index in [0.717, 1.165) is 39.6 Å². The number of benzene rings is 4. The van der Waals surface area contributed by atoms with Crippen molar-refractivity contribution in [3.63, 3.8) is 0 Å². The molecule has 0 unspecified atom stereocenters. The van der Waals surface area contributed by atoms with Gasteiger partial charge in [0.2, 0.25) is 0 Å². The van der Waals surface area contributed by atoms with Gasteiger partial charge in [-0.1, -0.05) is 72.8 Å². The number of rotatable bonds is 2. The average molecular weight is 525 g/mol. The lowest BCUT2D eigenvalue weighted by Crippen LogP contribution is -2.00. The number of hydrogen-bond donors (Lipinski definition) is 0. The standard InChI is InChI=1S/C37H24N4/c1-2-4-13-25(12-3-1)40-31-17-7-5-14-26(31)28-19-20-29-27-15-6-8-18-32(27)41(37(29)36(28)40)33-23-24-11-9-21-38-34(24)35-30(33)16-10-22-39-35/h1,3-23H,2H2. The first-order valence-corrected chi connectivity index (χ1v) is 14.0. The first-order valence-electron chi connectivity index (χ1n) is 14.0. The van der Waals surface area contributed by atoms with E-state index >= 15 is 0 Å². The van der Waals surface area contributed by atoms with E-state index in [-0.39, 0.29) is 0 Å². The normalized spacial score (nSPS) is 13.7. The quantitative estimate of drug-likeness (QED) is 0.211. The molecule has 9 rings (SSSR count). The molecule has 8 aromatic rings. The lowest BCUT2D eigenvalue weighted by molar-refractivity contribution is 1.18. The zero-order chi connectivity index (χ0) is 26.9. The van der Waals surface area contributed by atoms with Gasteiger partial charge in [-0.2, -0.15) is 0 Å². The summed E-state index contributed by atoms with van der Waals surface area (Å²) in [6.07, 6.45) is 15.7. The second kappa shape index (κ2) is 8.51. The first kappa shape index (κ1) is 22.3. The Labute approximate surface area is 235 Å². The van der Waals surface area contributed by atoms with Crippen LogP contribution in [-0.2, 0) is 0 Å². The number of allylic oxidation sites excluding steroid dienone is 6. The Kier molecular flexibility index (Phi) is 4.64. The van der Waals surface area contributed by atoms with Crippen molar-refractivity contribution in [2.45, 2.75) is 6.42 Å². The summed E-state index contributed by atoms with van der Waals surface area (Å²) in [6.45, 7) is 0. The number of hydrogen-bond acceptors (Lipinski definition) is 2. The fourth-order valence-corrected chi connectivity index (χ4v) is 6.68. The third-order valence-corrected chi connectivity index (χ3v) is 8.37. The number of fused-ring (bicyclic) bond motifs is 10. The number of aromatic nitrogens is 4. The third kappa shape index (κ3) is 3.10. The molecule has 4 heteroatoms. The van der Waals surface area contributed by atoms with Crippen LogP contribution in [0.5, 0.6) is 0 Å². The van der Waals surface area contributed by atoms with Gasteiger partial charge in [0.25, 0.3) is 0 Å². The number of para-hydroxylation sites is 2. The second-order valence-electron chi connectivity index (χ2n) is 10.6. The molecule has 0 radical (unpaired) electrons. The number of nitrogens with zero attached hydrogens (tertiary/aromatic N) is 4. The molecule has 0 fully saturated rings. The first-order chi connectivity index (χ1) is 20.4. The summed E-state index contributed by atoms with van der Waals surface area (Å²) in [4.78, 5) is 9.55. The molecule has 4 aromatic heterocycles. The summed E-state index contributed by atoms with van der Waals surface area (Å²) in [5.41, 5.74) is 8.87. The Balaban J connectivity index is 1.56. The predicted octanol–water partition coefficient (Wildman–Crippen LogP) is 9.34. The third-order valence-electron chi connectivity index (χ3n) is 8.37. The Hall–Kier alpha value is -5.48. The molecule has 1 aliphatic rings. The molecular weight excluding hydrogens is 500 g/mol. The highest BCUT2D eigenvalue weighted by Crippen LogP contribution is 2.43. The molecule has 4 aromatic carbocycles. The van der Waals surface area contributed by atoms with Crippen LogP contribution >= 0.6 is 0 Å². The van der Waals surface area contributed by atoms with E-state index in [0.29, 0.717) is 0 Å². The van der Waals surface area contributed by atoms with Gasteiger partial charge in [0.1, 0.15) is 0 Å². The zero-order valence-electron chi connectivity index (χ0n) is 22.2. The van der Waals surface area contributed by atoms with E-state index in [1.165, 1.54) is 43.6 Å². The molecule has 0 bridgehead atoms. The molecule has 0 N–H and O–H groups in total. The molecule has 4 nitrogen and oxygen atoms in total. The molecule has 0 amide bonds. The van der Waals surface area contributed by atoms with Crippen molar-refractivity contribution in [2.75, 3.05) is 0 Å². The molecular formula is C37H24N4. The molecule has 41 heavy (non-hydrogen) atoms. The van der Waals surface area contributed by atoms with Crippen molar-refractivity contribution >= 4 is 71.1 Å². The van der Waals surface area contributed by atoms with Gasteiger partial charge < -0.3 is 9.13 Å². The van der Waals surface area contributed by atoms with Gasteiger partial charge in [-0.3, -0.25) is 9.97 Å². The minimum Gasteiger partial charge on any atom is -0.307 e. The van der Waals surface area contributed by atoms with Gasteiger partial charge in [0, 0.05) is 50.4 Å². The number of pyridine rings is 2. The topological polar surface area (TPSA) is 35.6 Å². The van der Waals surface area contributed by atoms with Crippen LogP contribution in [0.4, 0.5) is 0 Å². The minimum absolute atomic E-state index is 0.916. The van der Waals surface area contributed by atoms with Crippen LogP contribution in [-0.4, -0.2) is 19.1 Å². The van der Waals surface area contributed by atoms with Crippen molar-refractivity contribution in [1.29, 1.82) is 0 Å². The van der Waals surface area contributed by atoms with E-state index in [2.05, 4.69) is 118 Å². The van der Waals surface area contributed by atoms with Crippen molar-refractivity contribution < 1.29 is 0 Å².